The summed E-state index contributed by atoms with van der Waals surface area (Å²) in [6, 6.07) is 10.4. The number of benzene rings is 1. The first kappa shape index (κ1) is 20.6. The standard InChI is InChI=1S/C23H23N5O3S/c1-2-17(29)27-12-6-7-14(13-27)25-21(30)20-19-18-16(10-11-24-22(18)32-20)28(23(31)26-19)15-8-4-3-5-9-15/h2-5,8-11,14,19-20H,1,6-7,12-13H2,(H,25,30)(H,26,31)/t14?,19?,20-/m1/s1. The van der Waals surface area contributed by atoms with Crippen LogP contribution in [0.4, 0.5) is 16.2 Å². The van der Waals surface area contributed by atoms with Crippen LogP contribution in [-0.4, -0.2) is 52.1 Å². The van der Waals surface area contributed by atoms with Gasteiger partial charge < -0.3 is 15.5 Å². The molecule has 4 amide bonds. The van der Waals surface area contributed by atoms with Crippen molar-refractivity contribution in [2.45, 2.75) is 35.2 Å². The Bertz CT molecular complexity index is 1090. The number of carbonyl (C=O) groups excluding carboxylic acids is 3. The number of rotatable bonds is 4. The number of piperidine rings is 1. The number of urea groups is 1. The molecule has 2 aromatic rings. The Labute approximate surface area is 190 Å². The number of anilines is 2. The normalized spacial score (nSPS) is 23.9. The Morgan fingerprint density at radius 1 is 1.25 bits per heavy atom. The van der Waals surface area contributed by atoms with E-state index in [9.17, 15) is 14.4 Å². The van der Waals surface area contributed by atoms with E-state index in [1.54, 1.807) is 16.0 Å². The van der Waals surface area contributed by atoms with E-state index < -0.39 is 11.3 Å². The first-order valence-corrected chi connectivity index (χ1v) is 11.5. The Morgan fingerprint density at radius 3 is 2.84 bits per heavy atom. The molecule has 8 nitrogen and oxygen atoms in total. The lowest BCUT2D eigenvalue weighted by atomic mass is 9.99. The lowest BCUT2D eigenvalue weighted by Gasteiger charge is -2.35. The largest absolute Gasteiger partial charge is 0.351 e. The maximum absolute atomic E-state index is 13.2. The zero-order valence-corrected chi connectivity index (χ0v) is 18.2. The monoisotopic (exact) mass is 449 g/mol. The third-order valence-corrected chi connectivity index (χ3v) is 7.32. The number of aromatic nitrogens is 1. The van der Waals surface area contributed by atoms with E-state index in [-0.39, 0.29) is 23.9 Å². The summed E-state index contributed by atoms with van der Waals surface area (Å²) in [5.74, 6) is -0.281. The smallest absolute Gasteiger partial charge is 0.327 e. The molecule has 2 N–H and O–H groups in total. The minimum Gasteiger partial charge on any atom is -0.351 e. The fourth-order valence-corrected chi connectivity index (χ4v) is 5.80. The van der Waals surface area contributed by atoms with Crippen LogP contribution in [0.3, 0.4) is 0 Å². The number of pyridine rings is 1. The van der Waals surface area contributed by atoms with E-state index in [1.165, 1.54) is 17.8 Å². The molecule has 0 saturated carbocycles. The molecule has 2 unspecified atom stereocenters. The van der Waals surface area contributed by atoms with Crippen LogP contribution >= 0.6 is 11.8 Å². The SMILES string of the molecule is C=CC(=O)N1CCCC(NC(=O)[C@@H]2Sc3nccc4c3C2NC(=O)N4c2ccccc2)C1. The highest BCUT2D eigenvalue weighted by Crippen LogP contribution is 2.50. The van der Waals surface area contributed by atoms with Crippen molar-refractivity contribution >= 4 is 41.0 Å². The van der Waals surface area contributed by atoms with Crippen LogP contribution in [-0.2, 0) is 9.59 Å². The van der Waals surface area contributed by atoms with Gasteiger partial charge in [0.25, 0.3) is 0 Å². The molecule has 0 bridgehead atoms. The highest BCUT2D eigenvalue weighted by molar-refractivity contribution is 8.01. The topological polar surface area (TPSA) is 94.6 Å². The van der Waals surface area contributed by atoms with E-state index in [4.69, 9.17) is 0 Å². The van der Waals surface area contributed by atoms with Gasteiger partial charge in [0.05, 0.1) is 17.4 Å². The van der Waals surface area contributed by atoms with E-state index in [0.29, 0.717) is 13.1 Å². The number of carbonyl (C=O) groups is 3. The molecule has 32 heavy (non-hydrogen) atoms. The van der Waals surface area contributed by atoms with Crippen LogP contribution in [0.2, 0.25) is 0 Å². The maximum atomic E-state index is 13.2. The first-order chi connectivity index (χ1) is 15.6. The predicted octanol–water partition coefficient (Wildman–Crippen LogP) is 2.75. The van der Waals surface area contributed by atoms with Gasteiger partial charge in [0.1, 0.15) is 10.3 Å². The molecule has 9 heteroatoms. The van der Waals surface area contributed by atoms with Crippen molar-refractivity contribution in [3.05, 3.63) is 60.8 Å². The molecule has 0 radical (unpaired) electrons. The number of para-hydroxylation sites is 1. The van der Waals surface area contributed by atoms with Crippen molar-refractivity contribution in [1.29, 1.82) is 0 Å². The van der Waals surface area contributed by atoms with Gasteiger partial charge in [-0.1, -0.05) is 36.5 Å². The second-order valence-electron chi connectivity index (χ2n) is 8.02. The van der Waals surface area contributed by atoms with Gasteiger partial charge in [0, 0.05) is 30.9 Å². The van der Waals surface area contributed by atoms with E-state index in [0.717, 1.165) is 34.8 Å². The van der Waals surface area contributed by atoms with Gasteiger partial charge in [-0.05, 0) is 37.1 Å². The Morgan fingerprint density at radius 2 is 2.06 bits per heavy atom. The lowest BCUT2D eigenvalue weighted by molar-refractivity contribution is -0.129. The van der Waals surface area contributed by atoms with Crippen molar-refractivity contribution < 1.29 is 14.4 Å². The summed E-state index contributed by atoms with van der Waals surface area (Å²) in [5.41, 5.74) is 2.37. The average Bonchev–Trinajstić information content (AvgIpc) is 3.19. The van der Waals surface area contributed by atoms with Gasteiger partial charge in [0.15, 0.2) is 0 Å². The van der Waals surface area contributed by atoms with Crippen molar-refractivity contribution in [2.75, 3.05) is 18.0 Å². The number of hydrogen-bond donors (Lipinski definition) is 2. The molecular weight excluding hydrogens is 426 g/mol. The van der Waals surface area contributed by atoms with Crippen LogP contribution in [0, 0.1) is 0 Å². The molecule has 3 atom stereocenters. The second-order valence-corrected chi connectivity index (χ2v) is 9.15. The lowest BCUT2D eigenvalue weighted by Crippen LogP contribution is -2.53. The van der Waals surface area contributed by atoms with Crippen LogP contribution in [0.25, 0.3) is 0 Å². The summed E-state index contributed by atoms with van der Waals surface area (Å²) in [6.07, 6.45) is 4.60. The molecule has 4 heterocycles. The maximum Gasteiger partial charge on any atom is 0.327 e. The number of thioether (sulfide) groups is 1. The summed E-state index contributed by atoms with van der Waals surface area (Å²) in [5, 5.41) is 6.33. The molecule has 1 aromatic carbocycles. The molecule has 1 fully saturated rings. The van der Waals surface area contributed by atoms with Gasteiger partial charge in [-0.3, -0.25) is 14.5 Å². The Balaban J connectivity index is 1.38. The summed E-state index contributed by atoms with van der Waals surface area (Å²) in [7, 11) is 0. The molecule has 0 spiro atoms. The minimum absolute atomic E-state index is 0.124. The molecule has 3 aliphatic rings. The van der Waals surface area contributed by atoms with Gasteiger partial charge in [-0.15, -0.1) is 0 Å². The fraction of sp³-hybridized carbons (Fsp3) is 0.304. The van der Waals surface area contributed by atoms with Crippen molar-refractivity contribution in [3.8, 4) is 0 Å². The van der Waals surface area contributed by atoms with Crippen molar-refractivity contribution in [3.63, 3.8) is 0 Å². The van der Waals surface area contributed by atoms with E-state index in [1.807, 2.05) is 36.4 Å². The van der Waals surface area contributed by atoms with E-state index in [2.05, 4.69) is 22.2 Å². The minimum atomic E-state index is -0.522. The van der Waals surface area contributed by atoms with Gasteiger partial charge in [0.2, 0.25) is 11.8 Å². The highest BCUT2D eigenvalue weighted by Gasteiger charge is 2.47. The molecule has 1 saturated heterocycles. The first-order valence-electron chi connectivity index (χ1n) is 10.6. The van der Waals surface area contributed by atoms with Crippen molar-refractivity contribution in [1.82, 2.24) is 20.5 Å². The molecule has 3 aliphatic heterocycles. The van der Waals surface area contributed by atoms with Crippen LogP contribution in [0.1, 0.15) is 24.4 Å². The highest BCUT2D eigenvalue weighted by atomic mass is 32.2. The number of hydrogen-bond acceptors (Lipinski definition) is 5. The predicted molar refractivity (Wildman–Crippen MR) is 122 cm³/mol. The van der Waals surface area contributed by atoms with Gasteiger partial charge >= 0.3 is 6.03 Å². The Kier molecular flexibility index (Phi) is 5.34. The quantitative estimate of drug-likeness (QED) is 0.700. The number of nitrogens with one attached hydrogen (secondary N) is 2. The van der Waals surface area contributed by atoms with Gasteiger partial charge in [-0.25, -0.2) is 9.78 Å². The van der Waals surface area contributed by atoms with Crippen LogP contribution in [0.5, 0.6) is 0 Å². The summed E-state index contributed by atoms with van der Waals surface area (Å²) >= 11 is 1.37. The Hall–Kier alpha value is -3.33. The number of nitrogens with zero attached hydrogens (tertiary/aromatic N) is 3. The molecule has 1 aromatic heterocycles. The zero-order valence-electron chi connectivity index (χ0n) is 17.4. The third-order valence-electron chi connectivity index (χ3n) is 6.03. The summed E-state index contributed by atoms with van der Waals surface area (Å²) in [4.78, 5) is 46.1. The average molecular weight is 450 g/mol. The third kappa shape index (κ3) is 3.52. The fourth-order valence-electron chi connectivity index (χ4n) is 4.57. The number of amides is 4. The molecule has 0 aliphatic carbocycles. The van der Waals surface area contributed by atoms with Crippen LogP contribution < -0.4 is 15.5 Å². The molecule has 5 rings (SSSR count). The van der Waals surface area contributed by atoms with E-state index >= 15 is 0 Å². The zero-order chi connectivity index (χ0) is 22.2. The number of likely N-dealkylation sites (tertiary alicyclic amines) is 1. The van der Waals surface area contributed by atoms with Crippen LogP contribution in [0.15, 0.2) is 60.3 Å². The van der Waals surface area contributed by atoms with Crippen molar-refractivity contribution in [2.24, 2.45) is 0 Å². The second kappa shape index (κ2) is 8.31. The van der Waals surface area contributed by atoms with Gasteiger partial charge in [-0.2, -0.15) is 0 Å². The summed E-state index contributed by atoms with van der Waals surface area (Å²) < 4.78 is 0. The summed E-state index contributed by atoms with van der Waals surface area (Å²) in [6.45, 7) is 4.68. The molecule has 164 valence electrons. The molecular formula is C23H23N5O3S.